The summed E-state index contributed by atoms with van der Waals surface area (Å²) in [6, 6.07) is 4.92. The second-order valence-corrected chi connectivity index (χ2v) is 6.83. The Labute approximate surface area is 132 Å². The molecule has 114 valence electrons. The summed E-state index contributed by atoms with van der Waals surface area (Å²) < 4.78 is 19.1. The van der Waals surface area contributed by atoms with Crippen LogP contribution in [0.4, 0.5) is 4.39 Å². The Morgan fingerprint density at radius 2 is 2.14 bits per heavy atom. The first kappa shape index (κ1) is 14.8. The van der Waals surface area contributed by atoms with Crippen molar-refractivity contribution in [1.82, 2.24) is 4.90 Å². The number of rotatable bonds is 6. The van der Waals surface area contributed by atoms with Crippen LogP contribution in [0.2, 0.25) is 0 Å². The maximum atomic E-state index is 13.0. The number of amides is 1. The number of ether oxygens (including phenoxy) is 1. The fraction of sp³-hybridized carbons (Fsp3) is 0.562. The monoisotopic (exact) mass is 355 g/mol. The highest BCUT2D eigenvalue weighted by atomic mass is 79.9. The van der Waals surface area contributed by atoms with Crippen molar-refractivity contribution < 1.29 is 13.9 Å². The number of benzene rings is 1. The molecule has 0 N–H and O–H groups in total. The van der Waals surface area contributed by atoms with Crippen molar-refractivity contribution in [3.63, 3.8) is 0 Å². The van der Waals surface area contributed by atoms with Gasteiger partial charge >= 0.3 is 0 Å². The fourth-order valence-corrected chi connectivity index (χ4v) is 3.19. The van der Waals surface area contributed by atoms with E-state index in [1.54, 1.807) is 6.07 Å². The molecule has 1 unspecified atom stereocenters. The molecule has 1 amide bonds. The molecule has 0 aliphatic heterocycles. The molecule has 2 fully saturated rings. The van der Waals surface area contributed by atoms with Gasteiger partial charge in [0.25, 0.3) is 5.91 Å². The maximum absolute atomic E-state index is 13.0. The van der Waals surface area contributed by atoms with Crippen molar-refractivity contribution in [3.8, 4) is 5.75 Å². The summed E-state index contributed by atoms with van der Waals surface area (Å²) in [6.07, 6.45) is 4.65. The number of halogens is 2. The second kappa shape index (κ2) is 5.95. The van der Waals surface area contributed by atoms with Gasteiger partial charge in [0.15, 0.2) is 6.61 Å². The van der Waals surface area contributed by atoms with Crippen LogP contribution in [0.5, 0.6) is 5.75 Å². The molecular weight excluding hydrogens is 337 g/mol. The third kappa shape index (κ3) is 3.57. The van der Waals surface area contributed by atoms with Gasteiger partial charge in [-0.3, -0.25) is 4.79 Å². The summed E-state index contributed by atoms with van der Waals surface area (Å²) in [7, 11) is 0. The van der Waals surface area contributed by atoms with Gasteiger partial charge in [0.05, 0.1) is 4.47 Å². The Balaban J connectivity index is 1.61. The Morgan fingerprint density at radius 1 is 1.43 bits per heavy atom. The summed E-state index contributed by atoms with van der Waals surface area (Å²) in [5.74, 6) is 0.863. The van der Waals surface area contributed by atoms with Crippen LogP contribution in [0.1, 0.15) is 32.6 Å². The normalized spacial score (nSPS) is 19.2. The first-order valence-electron chi connectivity index (χ1n) is 7.45. The summed E-state index contributed by atoms with van der Waals surface area (Å²) in [5.41, 5.74) is 0. The molecule has 3 rings (SSSR count). The quantitative estimate of drug-likeness (QED) is 0.777. The lowest BCUT2D eigenvalue weighted by Crippen LogP contribution is -2.44. The third-order valence-corrected chi connectivity index (χ3v) is 4.84. The lowest BCUT2D eigenvalue weighted by atomic mass is 10.1. The highest BCUT2D eigenvalue weighted by Gasteiger charge is 2.41. The Bertz CT molecular complexity index is 543. The highest BCUT2D eigenvalue weighted by Crippen LogP contribution is 2.39. The van der Waals surface area contributed by atoms with Crippen LogP contribution in [0.25, 0.3) is 0 Å². The van der Waals surface area contributed by atoms with Gasteiger partial charge in [-0.05, 0) is 72.7 Å². The predicted octanol–water partition coefficient (Wildman–Crippen LogP) is 3.76. The molecular formula is C16H19BrFNO2. The molecule has 1 aromatic rings. The van der Waals surface area contributed by atoms with E-state index in [1.165, 1.54) is 25.0 Å². The minimum absolute atomic E-state index is 0.0117. The Morgan fingerprint density at radius 3 is 2.71 bits per heavy atom. The first-order chi connectivity index (χ1) is 10.1. The van der Waals surface area contributed by atoms with Crippen LogP contribution in [-0.4, -0.2) is 29.5 Å². The molecule has 0 heterocycles. The van der Waals surface area contributed by atoms with Crippen molar-refractivity contribution in [3.05, 3.63) is 28.5 Å². The van der Waals surface area contributed by atoms with Crippen molar-refractivity contribution in [2.75, 3.05) is 6.61 Å². The average Bonchev–Trinajstić information content (AvgIpc) is 3.29. The van der Waals surface area contributed by atoms with E-state index in [0.29, 0.717) is 28.2 Å². The van der Waals surface area contributed by atoms with E-state index in [1.807, 2.05) is 4.90 Å². The minimum Gasteiger partial charge on any atom is -0.483 e. The second-order valence-electron chi connectivity index (χ2n) is 5.97. The van der Waals surface area contributed by atoms with Crippen molar-refractivity contribution in [2.24, 2.45) is 5.92 Å². The molecule has 0 aromatic heterocycles. The van der Waals surface area contributed by atoms with E-state index < -0.39 is 0 Å². The molecule has 0 bridgehead atoms. The maximum Gasteiger partial charge on any atom is 0.261 e. The van der Waals surface area contributed by atoms with E-state index in [-0.39, 0.29) is 18.3 Å². The number of hydrogen-bond donors (Lipinski definition) is 0. The van der Waals surface area contributed by atoms with Crippen molar-refractivity contribution >= 4 is 21.8 Å². The van der Waals surface area contributed by atoms with Crippen molar-refractivity contribution in [2.45, 2.75) is 44.7 Å². The summed E-state index contributed by atoms with van der Waals surface area (Å²) in [6.45, 7) is 2.15. The van der Waals surface area contributed by atoms with Gasteiger partial charge in [0.2, 0.25) is 0 Å². The van der Waals surface area contributed by atoms with E-state index in [0.717, 1.165) is 12.8 Å². The van der Waals surface area contributed by atoms with E-state index in [4.69, 9.17) is 4.74 Å². The standard InChI is InChI=1S/C16H19BrFNO2/c1-10(11-2-3-11)19(13-5-6-13)16(20)9-21-15-7-4-12(18)8-14(15)17/h4,7-8,10-11,13H,2-3,5-6,9H2,1H3. The summed E-state index contributed by atoms with van der Waals surface area (Å²) >= 11 is 3.25. The highest BCUT2D eigenvalue weighted by molar-refractivity contribution is 9.10. The molecule has 21 heavy (non-hydrogen) atoms. The molecule has 2 aliphatic rings. The smallest absolute Gasteiger partial charge is 0.261 e. The van der Waals surface area contributed by atoms with Crippen LogP contribution in [0, 0.1) is 11.7 Å². The summed E-state index contributed by atoms with van der Waals surface area (Å²) in [4.78, 5) is 14.5. The lowest BCUT2D eigenvalue weighted by Gasteiger charge is -2.29. The van der Waals surface area contributed by atoms with Crippen molar-refractivity contribution in [1.29, 1.82) is 0 Å². The van der Waals surface area contributed by atoms with E-state index >= 15 is 0 Å². The van der Waals surface area contributed by atoms with Gasteiger partial charge < -0.3 is 9.64 Å². The Hall–Kier alpha value is -1.10. The van der Waals surface area contributed by atoms with Crippen LogP contribution in [-0.2, 0) is 4.79 Å². The predicted molar refractivity (Wildman–Crippen MR) is 81.6 cm³/mol. The fourth-order valence-electron chi connectivity index (χ4n) is 2.73. The van der Waals surface area contributed by atoms with Crippen LogP contribution in [0.3, 0.4) is 0 Å². The van der Waals surface area contributed by atoms with Gasteiger partial charge in [-0.1, -0.05) is 0 Å². The molecule has 0 saturated heterocycles. The van der Waals surface area contributed by atoms with E-state index in [2.05, 4.69) is 22.9 Å². The van der Waals surface area contributed by atoms with Gasteiger partial charge in [0, 0.05) is 12.1 Å². The van der Waals surface area contributed by atoms with Gasteiger partial charge in [-0.2, -0.15) is 0 Å². The minimum atomic E-state index is -0.331. The molecule has 5 heteroatoms. The topological polar surface area (TPSA) is 29.5 Å². The summed E-state index contributed by atoms with van der Waals surface area (Å²) in [5, 5.41) is 0. The van der Waals surface area contributed by atoms with Crippen LogP contribution >= 0.6 is 15.9 Å². The number of nitrogens with zero attached hydrogens (tertiary/aromatic N) is 1. The number of carbonyl (C=O) groups is 1. The number of hydrogen-bond acceptors (Lipinski definition) is 2. The van der Waals surface area contributed by atoms with Crippen LogP contribution in [0.15, 0.2) is 22.7 Å². The molecule has 2 aliphatic carbocycles. The van der Waals surface area contributed by atoms with E-state index in [9.17, 15) is 9.18 Å². The zero-order valence-electron chi connectivity index (χ0n) is 12.0. The molecule has 2 saturated carbocycles. The lowest BCUT2D eigenvalue weighted by molar-refractivity contribution is -0.136. The Kier molecular flexibility index (Phi) is 4.20. The zero-order chi connectivity index (χ0) is 15.0. The average molecular weight is 356 g/mol. The number of carbonyl (C=O) groups excluding carboxylic acids is 1. The molecule has 0 radical (unpaired) electrons. The molecule has 3 nitrogen and oxygen atoms in total. The zero-order valence-corrected chi connectivity index (χ0v) is 13.6. The molecule has 0 spiro atoms. The van der Waals surface area contributed by atoms with Crippen LogP contribution < -0.4 is 4.74 Å². The van der Waals surface area contributed by atoms with Gasteiger partial charge in [-0.15, -0.1) is 0 Å². The SMILES string of the molecule is CC(C1CC1)N(C(=O)COc1ccc(F)cc1Br)C1CC1. The van der Waals surface area contributed by atoms with Gasteiger partial charge in [-0.25, -0.2) is 4.39 Å². The van der Waals surface area contributed by atoms with Gasteiger partial charge in [0.1, 0.15) is 11.6 Å². The largest absolute Gasteiger partial charge is 0.483 e. The third-order valence-electron chi connectivity index (χ3n) is 4.22. The molecule has 1 atom stereocenters. The first-order valence-corrected chi connectivity index (χ1v) is 8.24. The molecule has 1 aromatic carbocycles.